The number of ether oxygens (including phenoxy) is 1. The van der Waals surface area contributed by atoms with E-state index < -0.39 is 0 Å². The Bertz CT molecular complexity index is 527. The first-order valence-electron chi connectivity index (χ1n) is 6.27. The SMILES string of the molecule is CC(=O)OCC(c1ccc(O)cc1)c1ccc(O)cc1. The molecule has 0 saturated heterocycles. The molecule has 2 aromatic rings. The molecular formula is C16H16O4. The highest BCUT2D eigenvalue weighted by Gasteiger charge is 2.16. The normalized spacial score (nSPS) is 10.5. The van der Waals surface area contributed by atoms with Crippen LogP contribution in [-0.2, 0) is 9.53 Å². The molecule has 0 aliphatic rings. The number of phenolic OH excluding ortho intramolecular Hbond substituents is 2. The molecular weight excluding hydrogens is 256 g/mol. The van der Waals surface area contributed by atoms with Crippen LogP contribution in [0.3, 0.4) is 0 Å². The Balaban J connectivity index is 2.30. The summed E-state index contributed by atoms with van der Waals surface area (Å²) in [5, 5.41) is 18.7. The highest BCUT2D eigenvalue weighted by atomic mass is 16.5. The number of carbonyl (C=O) groups is 1. The van der Waals surface area contributed by atoms with E-state index in [1.54, 1.807) is 48.5 Å². The minimum Gasteiger partial charge on any atom is -0.508 e. The summed E-state index contributed by atoms with van der Waals surface area (Å²) in [6.45, 7) is 1.58. The first-order valence-corrected chi connectivity index (χ1v) is 6.27. The second-order valence-corrected chi connectivity index (χ2v) is 4.54. The van der Waals surface area contributed by atoms with E-state index in [0.29, 0.717) is 0 Å². The highest BCUT2D eigenvalue weighted by molar-refractivity contribution is 5.66. The summed E-state index contributed by atoms with van der Waals surface area (Å²) < 4.78 is 5.11. The molecule has 0 aliphatic carbocycles. The van der Waals surface area contributed by atoms with Gasteiger partial charge in [-0.25, -0.2) is 0 Å². The first kappa shape index (κ1) is 13.9. The number of esters is 1. The maximum atomic E-state index is 11.0. The molecule has 2 rings (SSSR count). The number of hydrogen-bond donors (Lipinski definition) is 2. The molecule has 0 unspecified atom stereocenters. The van der Waals surface area contributed by atoms with Crippen molar-refractivity contribution in [3.8, 4) is 11.5 Å². The van der Waals surface area contributed by atoms with Gasteiger partial charge in [-0.3, -0.25) is 4.79 Å². The third kappa shape index (κ3) is 3.51. The second-order valence-electron chi connectivity index (χ2n) is 4.54. The first-order chi connectivity index (χ1) is 9.56. The zero-order valence-corrected chi connectivity index (χ0v) is 11.1. The van der Waals surface area contributed by atoms with E-state index in [0.717, 1.165) is 11.1 Å². The molecule has 4 nitrogen and oxygen atoms in total. The predicted octanol–water partition coefficient (Wildman–Crippen LogP) is 2.79. The predicted molar refractivity (Wildman–Crippen MR) is 74.7 cm³/mol. The van der Waals surface area contributed by atoms with Gasteiger partial charge in [0, 0.05) is 12.8 Å². The smallest absolute Gasteiger partial charge is 0.302 e. The van der Waals surface area contributed by atoms with E-state index in [2.05, 4.69) is 0 Å². The van der Waals surface area contributed by atoms with Gasteiger partial charge in [0.1, 0.15) is 18.1 Å². The summed E-state index contributed by atoms with van der Waals surface area (Å²) >= 11 is 0. The van der Waals surface area contributed by atoms with Gasteiger partial charge in [-0.1, -0.05) is 24.3 Å². The second kappa shape index (κ2) is 6.10. The van der Waals surface area contributed by atoms with Crippen molar-refractivity contribution in [1.82, 2.24) is 0 Å². The Labute approximate surface area is 117 Å². The summed E-state index contributed by atoms with van der Waals surface area (Å²) in [4.78, 5) is 11.0. The van der Waals surface area contributed by atoms with Crippen molar-refractivity contribution in [3.05, 3.63) is 59.7 Å². The van der Waals surface area contributed by atoms with Crippen LogP contribution < -0.4 is 0 Å². The van der Waals surface area contributed by atoms with Crippen LogP contribution >= 0.6 is 0 Å². The molecule has 20 heavy (non-hydrogen) atoms. The van der Waals surface area contributed by atoms with E-state index in [9.17, 15) is 15.0 Å². The van der Waals surface area contributed by atoms with Gasteiger partial charge in [-0.05, 0) is 35.4 Å². The van der Waals surface area contributed by atoms with Gasteiger partial charge in [0.05, 0.1) is 0 Å². The minimum atomic E-state index is -0.340. The molecule has 104 valence electrons. The Hall–Kier alpha value is -2.49. The molecule has 0 aliphatic heterocycles. The Morgan fingerprint density at radius 2 is 1.35 bits per heavy atom. The van der Waals surface area contributed by atoms with Gasteiger partial charge in [-0.2, -0.15) is 0 Å². The zero-order valence-electron chi connectivity index (χ0n) is 11.1. The van der Waals surface area contributed by atoms with Crippen LogP contribution in [0.2, 0.25) is 0 Å². The quantitative estimate of drug-likeness (QED) is 0.840. The van der Waals surface area contributed by atoms with Crippen molar-refractivity contribution >= 4 is 5.97 Å². The van der Waals surface area contributed by atoms with E-state index in [-0.39, 0.29) is 30.0 Å². The van der Waals surface area contributed by atoms with Gasteiger partial charge >= 0.3 is 5.97 Å². The lowest BCUT2D eigenvalue weighted by molar-refractivity contribution is -0.141. The van der Waals surface area contributed by atoms with Crippen LogP contribution in [0.5, 0.6) is 11.5 Å². The zero-order chi connectivity index (χ0) is 14.5. The third-order valence-corrected chi connectivity index (χ3v) is 3.04. The highest BCUT2D eigenvalue weighted by Crippen LogP contribution is 2.27. The number of rotatable bonds is 4. The van der Waals surface area contributed by atoms with E-state index in [1.807, 2.05) is 0 Å². The lowest BCUT2D eigenvalue weighted by Crippen LogP contribution is -2.12. The fraction of sp³-hybridized carbons (Fsp3) is 0.188. The molecule has 0 spiro atoms. The number of hydrogen-bond acceptors (Lipinski definition) is 4. The number of carbonyl (C=O) groups excluding carboxylic acids is 1. The molecule has 0 heterocycles. The summed E-state index contributed by atoms with van der Waals surface area (Å²) in [6, 6.07) is 13.5. The third-order valence-electron chi connectivity index (χ3n) is 3.04. The molecule has 2 N–H and O–H groups in total. The fourth-order valence-electron chi connectivity index (χ4n) is 2.00. The van der Waals surface area contributed by atoms with Crippen LogP contribution in [0, 0.1) is 0 Å². The summed E-state index contributed by atoms with van der Waals surface area (Å²) in [5.74, 6) is -0.107. The average Bonchev–Trinajstić information content (AvgIpc) is 2.42. The van der Waals surface area contributed by atoms with Gasteiger partial charge in [0.2, 0.25) is 0 Å². The summed E-state index contributed by atoms with van der Waals surface area (Å²) in [6.07, 6.45) is 0. The molecule has 2 aromatic carbocycles. The van der Waals surface area contributed by atoms with E-state index >= 15 is 0 Å². The standard InChI is InChI=1S/C16H16O4/c1-11(17)20-10-16(12-2-6-14(18)7-3-12)13-4-8-15(19)9-5-13/h2-9,16,18-19H,10H2,1H3. The molecule has 4 heteroatoms. The van der Waals surface area contributed by atoms with Crippen LogP contribution in [0.15, 0.2) is 48.5 Å². The lowest BCUT2D eigenvalue weighted by atomic mass is 9.92. The summed E-state index contributed by atoms with van der Waals surface area (Å²) in [7, 11) is 0. The molecule has 0 fully saturated rings. The average molecular weight is 272 g/mol. The van der Waals surface area contributed by atoms with Gasteiger partial charge in [-0.15, -0.1) is 0 Å². The monoisotopic (exact) mass is 272 g/mol. The van der Waals surface area contributed by atoms with Crippen LogP contribution in [-0.4, -0.2) is 22.8 Å². The van der Waals surface area contributed by atoms with Crippen molar-refractivity contribution in [2.75, 3.05) is 6.61 Å². The maximum absolute atomic E-state index is 11.0. The van der Waals surface area contributed by atoms with Crippen molar-refractivity contribution in [2.45, 2.75) is 12.8 Å². The number of aromatic hydroxyl groups is 2. The van der Waals surface area contributed by atoms with Gasteiger partial charge in [0.15, 0.2) is 0 Å². The number of phenols is 2. The van der Waals surface area contributed by atoms with Gasteiger partial charge in [0.25, 0.3) is 0 Å². The Kier molecular flexibility index (Phi) is 4.25. The molecule has 0 radical (unpaired) electrons. The minimum absolute atomic E-state index is 0.139. The van der Waals surface area contributed by atoms with Crippen LogP contribution in [0.1, 0.15) is 24.0 Å². The molecule has 0 atom stereocenters. The van der Waals surface area contributed by atoms with Crippen molar-refractivity contribution in [2.24, 2.45) is 0 Å². The molecule has 0 aromatic heterocycles. The Morgan fingerprint density at radius 1 is 0.950 bits per heavy atom. The van der Waals surface area contributed by atoms with E-state index in [4.69, 9.17) is 4.74 Å². The molecule has 0 amide bonds. The fourth-order valence-corrected chi connectivity index (χ4v) is 2.00. The number of benzene rings is 2. The van der Waals surface area contributed by atoms with Crippen molar-refractivity contribution in [1.29, 1.82) is 0 Å². The molecule has 0 saturated carbocycles. The lowest BCUT2D eigenvalue weighted by Gasteiger charge is -2.18. The van der Waals surface area contributed by atoms with E-state index in [1.165, 1.54) is 6.92 Å². The van der Waals surface area contributed by atoms with Crippen LogP contribution in [0.4, 0.5) is 0 Å². The Morgan fingerprint density at radius 3 is 1.70 bits per heavy atom. The maximum Gasteiger partial charge on any atom is 0.302 e. The van der Waals surface area contributed by atoms with Crippen molar-refractivity contribution < 1.29 is 19.7 Å². The summed E-state index contributed by atoms with van der Waals surface area (Å²) in [5.41, 5.74) is 1.85. The van der Waals surface area contributed by atoms with Crippen LogP contribution in [0.25, 0.3) is 0 Å². The van der Waals surface area contributed by atoms with Gasteiger partial charge < -0.3 is 14.9 Å². The topological polar surface area (TPSA) is 66.8 Å². The largest absolute Gasteiger partial charge is 0.508 e. The van der Waals surface area contributed by atoms with Crippen molar-refractivity contribution in [3.63, 3.8) is 0 Å². The molecule has 0 bridgehead atoms.